The molecule has 0 amide bonds. The SMILES string of the molecule is O=C(OCCl)c1cncc[n+]1Cc1ccccc1. The van der Waals surface area contributed by atoms with Gasteiger partial charge in [0, 0.05) is 5.56 Å². The van der Waals surface area contributed by atoms with Crippen molar-refractivity contribution >= 4 is 17.6 Å². The fraction of sp³-hybridized carbons (Fsp3) is 0.154. The third-order valence-corrected chi connectivity index (χ3v) is 2.54. The molecule has 5 heteroatoms. The summed E-state index contributed by atoms with van der Waals surface area (Å²) in [5.41, 5.74) is 1.47. The molecule has 0 unspecified atom stereocenters. The van der Waals surface area contributed by atoms with Crippen molar-refractivity contribution in [3.05, 3.63) is 60.2 Å². The number of rotatable bonds is 4. The summed E-state index contributed by atoms with van der Waals surface area (Å²) in [7, 11) is 0. The lowest BCUT2D eigenvalue weighted by molar-refractivity contribution is -0.691. The number of alkyl halides is 1. The lowest BCUT2D eigenvalue weighted by Crippen LogP contribution is -2.41. The fourth-order valence-corrected chi connectivity index (χ4v) is 1.70. The molecule has 1 aromatic carbocycles. The Hall–Kier alpha value is -1.94. The van der Waals surface area contributed by atoms with Gasteiger partial charge >= 0.3 is 11.7 Å². The molecule has 0 saturated carbocycles. The second-order valence-corrected chi connectivity index (χ2v) is 3.83. The summed E-state index contributed by atoms with van der Waals surface area (Å²) in [6, 6.07) is 9.66. The highest BCUT2D eigenvalue weighted by Gasteiger charge is 2.20. The van der Waals surface area contributed by atoms with E-state index in [-0.39, 0.29) is 6.07 Å². The fourth-order valence-electron chi connectivity index (χ4n) is 1.60. The van der Waals surface area contributed by atoms with Crippen molar-refractivity contribution in [3.8, 4) is 0 Å². The number of esters is 1. The van der Waals surface area contributed by atoms with Gasteiger partial charge in [-0.05, 0) is 0 Å². The van der Waals surface area contributed by atoms with Gasteiger partial charge in [0.25, 0.3) is 0 Å². The Kier molecular flexibility index (Phi) is 4.25. The molecule has 2 rings (SSSR count). The number of ether oxygens (including phenoxy) is 1. The predicted octanol–water partition coefficient (Wildman–Crippen LogP) is 1.77. The Morgan fingerprint density at radius 1 is 1.33 bits per heavy atom. The van der Waals surface area contributed by atoms with Crippen molar-refractivity contribution in [1.82, 2.24) is 4.98 Å². The van der Waals surface area contributed by atoms with E-state index in [0.717, 1.165) is 5.56 Å². The molecule has 18 heavy (non-hydrogen) atoms. The Morgan fingerprint density at radius 2 is 2.11 bits per heavy atom. The van der Waals surface area contributed by atoms with E-state index in [2.05, 4.69) is 4.98 Å². The van der Waals surface area contributed by atoms with Gasteiger partial charge in [0.1, 0.15) is 6.20 Å². The average Bonchev–Trinajstić information content (AvgIpc) is 2.41. The number of hydrogen-bond donors (Lipinski definition) is 0. The van der Waals surface area contributed by atoms with Crippen LogP contribution >= 0.6 is 11.6 Å². The summed E-state index contributed by atoms with van der Waals surface area (Å²) in [4.78, 5) is 15.6. The van der Waals surface area contributed by atoms with Gasteiger partial charge in [-0.3, -0.25) is 4.98 Å². The van der Waals surface area contributed by atoms with Gasteiger partial charge in [-0.2, -0.15) is 4.57 Å². The molecule has 92 valence electrons. The molecule has 0 fully saturated rings. The van der Waals surface area contributed by atoms with Gasteiger partial charge in [0.05, 0.1) is 6.20 Å². The van der Waals surface area contributed by atoms with Crippen LogP contribution in [0.4, 0.5) is 0 Å². The van der Waals surface area contributed by atoms with E-state index in [1.807, 2.05) is 30.3 Å². The molecular weight excluding hydrogens is 252 g/mol. The van der Waals surface area contributed by atoms with Gasteiger partial charge in [-0.25, -0.2) is 4.79 Å². The Morgan fingerprint density at radius 3 is 2.83 bits per heavy atom. The first kappa shape index (κ1) is 12.5. The van der Waals surface area contributed by atoms with Gasteiger partial charge in [-0.1, -0.05) is 41.9 Å². The minimum atomic E-state index is -0.478. The summed E-state index contributed by atoms with van der Waals surface area (Å²) >= 11 is 5.39. The molecule has 0 atom stereocenters. The quantitative estimate of drug-likeness (QED) is 0.480. The number of carbonyl (C=O) groups is 1. The van der Waals surface area contributed by atoms with Crippen LogP contribution in [0, 0.1) is 0 Å². The van der Waals surface area contributed by atoms with Crippen LogP contribution in [-0.2, 0) is 11.3 Å². The van der Waals surface area contributed by atoms with E-state index in [1.54, 1.807) is 17.0 Å². The van der Waals surface area contributed by atoms with Gasteiger partial charge in [0.15, 0.2) is 18.8 Å². The van der Waals surface area contributed by atoms with Gasteiger partial charge in [-0.15, -0.1) is 0 Å². The minimum Gasteiger partial charge on any atom is -0.441 e. The molecule has 4 nitrogen and oxygen atoms in total. The number of benzene rings is 1. The number of halogens is 1. The van der Waals surface area contributed by atoms with Crippen molar-refractivity contribution in [2.24, 2.45) is 0 Å². The van der Waals surface area contributed by atoms with Gasteiger partial charge < -0.3 is 4.74 Å². The molecule has 0 aliphatic carbocycles. The molecule has 0 spiro atoms. The first-order chi connectivity index (χ1) is 8.81. The first-order valence-corrected chi connectivity index (χ1v) is 5.95. The number of aromatic nitrogens is 2. The van der Waals surface area contributed by atoms with Crippen molar-refractivity contribution in [2.75, 3.05) is 6.07 Å². The lowest BCUT2D eigenvalue weighted by atomic mass is 10.2. The van der Waals surface area contributed by atoms with Gasteiger partial charge in [0.2, 0.25) is 0 Å². The summed E-state index contributed by atoms with van der Waals surface area (Å²) in [5, 5.41) is 0. The summed E-state index contributed by atoms with van der Waals surface area (Å²) in [6.45, 7) is 0.579. The van der Waals surface area contributed by atoms with E-state index in [9.17, 15) is 4.79 Å². The average molecular weight is 264 g/mol. The van der Waals surface area contributed by atoms with Crippen LogP contribution in [-0.4, -0.2) is 17.0 Å². The van der Waals surface area contributed by atoms with Crippen molar-refractivity contribution in [1.29, 1.82) is 0 Å². The van der Waals surface area contributed by atoms with Crippen LogP contribution in [0.25, 0.3) is 0 Å². The molecular formula is C13H12ClN2O2+. The van der Waals surface area contributed by atoms with Crippen LogP contribution in [0.2, 0.25) is 0 Å². The Balaban J connectivity index is 2.25. The standard InChI is InChI=1S/C13H12ClN2O2/c14-10-18-13(17)12-8-15-6-7-16(12)9-11-4-2-1-3-5-11/h1-8H,9-10H2/q+1. The topological polar surface area (TPSA) is 43.1 Å². The molecule has 0 aliphatic rings. The molecule has 0 saturated heterocycles. The maximum absolute atomic E-state index is 11.7. The van der Waals surface area contributed by atoms with Crippen LogP contribution in [0.5, 0.6) is 0 Å². The highest BCUT2D eigenvalue weighted by atomic mass is 35.5. The zero-order valence-corrected chi connectivity index (χ0v) is 10.4. The summed E-state index contributed by atoms with van der Waals surface area (Å²) in [6.07, 6.45) is 4.83. The summed E-state index contributed by atoms with van der Waals surface area (Å²) in [5.74, 6) is -0.478. The lowest BCUT2D eigenvalue weighted by Gasteiger charge is -2.02. The number of nitrogens with zero attached hydrogens (tertiary/aromatic N) is 2. The molecule has 1 aromatic heterocycles. The number of hydrogen-bond acceptors (Lipinski definition) is 3. The minimum absolute atomic E-state index is 0.168. The molecule has 0 aliphatic heterocycles. The van der Waals surface area contributed by atoms with Crippen LogP contribution in [0.15, 0.2) is 48.9 Å². The molecule has 0 N–H and O–H groups in total. The van der Waals surface area contributed by atoms with Crippen LogP contribution in [0.3, 0.4) is 0 Å². The van der Waals surface area contributed by atoms with Crippen LogP contribution < -0.4 is 4.57 Å². The maximum atomic E-state index is 11.7. The van der Waals surface area contributed by atoms with E-state index >= 15 is 0 Å². The number of carbonyl (C=O) groups excluding carboxylic acids is 1. The third-order valence-electron chi connectivity index (χ3n) is 2.43. The van der Waals surface area contributed by atoms with Crippen LogP contribution in [0.1, 0.15) is 16.1 Å². The maximum Gasteiger partial charge on any atom is 0.406 e. The Labute approximate surface area is 110 Å². The third kappa shape index (κ3) is 3.05. The van der Waals surface area contributed by atoms with Crippen molar-refractivity contribution < 1.29 is 14.1 Å². The zero-order chi connectivity index (χ0) is 12.8. The molecule has 2 aromatic rings. The molecule has 1 heterocycles. The summed E-state index contributed by atoms with van der Waals surface area (Å²) < 4.78 is 6.55. The normalized spacial score (nSPS) is 10.1. The predicted molar refractivity (Wildman–Crippen MR) is 66.1 cm³/mol. The monoisotopic (exact) mass is 263 g/mol. The van der Waals surface area contributed by atoms with Crippen molar-refractivity contribution in [3.63, 3.8) is 0 Å². The molecule has 0 bridgehead atoms. The second-order valence-electron chi connectivity index (χ2n) is 3.62. The molecule has 0 radical (unpaired) electrons. The highest BCUT2D eigenvalue weighted by Crippen LogP contribution is 2.00. The van der Waals surface area contributed by atoms with E-state index in [4.69, 9.17) is 16.3 Å². The zero-order valence-electron chi connectivity index (χ0n) is 9.62. The second kappa shape index (κ2) is 6.12. The highest BCUT2D eigenvalue weighted by molar-refractivity contribution is 6.17. The van der Waals surface area contributed by atoms with E-state index in [0.29, 0.717) is 12.2 Å². The first-order valence-electron chi connectivity index (χ1n) is 5.41. The smallest absolute Gasteiger partial charge is 0.406 e. The van der Waals surface area contributed by atoms with E-state index < -0.39 is 5.97 Å². The van der Waals surface area contributed by atoms with Crippen molar-refractivity contribution in [2.45, 2.75) is 6.54 Å². The largest absolute Gasteiger partial charge is 0.441 e. The van der Waals surface area contributed by atoms with E-state index in [1.165, 1.54) is 6.20 Å². The Bertz CT molecular complexity index is 532.